The summed E-state index contributed by atoms with van der Waals surface area (Å²) in [6.07, 6.45) is 4.42. The summed E-state index contributed by atoms with van der Waals surface area (Å²) >= 11 is 1.66. The minimum Gasteiger partial charge on any atom is -0.497 e. The van der Waals surface area contributed by atoms with E-state index in [1.54, 1.807) is 25.8 Å². The van der Waals surface area contributed by atoms with Gasteiger partial charge in [-0.1, -0.05) is 54.2 Å². The normalized spacial score (nSPS) is 17.4. The zero-order valence-electron chi connectivity index (χ0n) is 23.4. The molecular weight excluding hydrogens is 520 g/mol. The quantitative estimate of drug-likeness (QED) is 0.249. The van der Waals surface area contributed by atoms with Gasteiger partial charge in [-0.3, -0.25) is 14.5 Å². The Morgan fingerprint density at radius 3 is 2.45 bits per heavy atom. The van der Waals surface area contributed by atoms with Gasteiger partial charge in [0, 0.05) is 29.7 Å². The molecule has 0 radical (unpaired) electrons. The number of rotatable bonds is 11. The number of para-hydroxylation sites is 1. The maximum atomic E-state index is 12.7. The van der Waals surface area contributed by atoms with E-state index in [1.165, 1.54) is 0 Å². The number of ether oxygens (including phenoxy) is 2. The van der Waals surface area contributed by atoms with Gasteiger partial charge in [0.05, 0.1) is 19.4 Å². The summed E-state index contributed by atoms with van der Waals surface area (Å²) < 4.78 is 11.8. The van der Waals surface area contributed by atoms with Gasteiger partial charge in [0.25, 0.3) is 0 Å². The molecule has 2 aliphatic rings. The molecule has 3 aromatic rings. The first-order valence-corrected chi connectivity index (χ1v) is 15.1. The Bertz CT molecular complexity index is 1310. The average molecular weight is 559 g/mol. The van der Waals surface area contributed by atoms with Crippen molar-refractivity contribution >= 4 is 29.1 Å². The van der Waals surface area contributed by atoms with Gasteiger partial charge >= 0.3 is 0 Å². The summed E-state index contributed by atoms with van der Waals surface area (Å²) in [5, 5.41) is -0.203. The van der Waals surface area contributed by atoms with Crippen LogP contribution in [0.4, 0.5) is 5.69 Å². The van der Waals surface area contributed by atoms with Gasteiger partial charge in [-0.15, -0.1) is 0 Å². The van der Waals surface area contributed by atoms with E-state index >= 15 is 0 Å². The smallest absolute Gasteiger partial charge is 0.225 e. The fourth-order valence-electron chi connectivity index (χ4n) is 5.61. The number of anilines is 1. The highest BCUT2D eigenvalue weighted by molar-refractivity contribution is 8.00. The Labute approximate surface area is 241 Å². The molecule has 40 heavy (non-hydrogen) atoms. The van der Waals surface area contributed by atoms with Crippen LogP contribution in [0.2, 0.25) is 0 Å². The molecule has 2 heterocycles. The summed E-state index contributed by atoms with van der Waals surface area (Å²) in [4.78, 5) is 30.8. The molecule has 210 valence electrons. The lowest BCUT2D eigenvalue weighted by molar-refractivity contribution is -0.123. The Balaban J connectivity index is 1.11. The lowest BCUT2D eigenvalue weighted by Gasteiger charge is -2.31. The molecule has 1 fully saturated rings. The number of carbonyl (C=O) groups is 2. The Morgan fingerprint density at radius 2 is 1.70 bits per heavy atom. The monoisotopic (exact) mass is 558 g/mol. The number of nitrogens with zero attached hydrogens (tertiary/aromatic N) is 2. The second-order valence-electron chi connectivity index (χ2n) is 10.5. The number of thioether (sulfide) groups is 1. The fourth-order valence-corrected chi connectivity index (χ4v) is 6.97. The molecular formula is C33H38N2O4S. The van der Waals surface area contributed by atoms with Gasteiger partial charge in [0.1, 0.15) is 22.7 Å². The molecule has 1 saturated heterocycles. The third kappa shape index (κ3) is 6.70. The van der Waals surface area contributed by atoms with E-state index in [-0.39, 0.29) is 17.2 Å². The number of hydrogen-bond acceptors (Lipinski definition) is 6. The van der Waals surface area contributed by atoms with Gasteiger partial charge in [0.2, 0.25) is 5.91 Å². The van der Waals surface area contributed by atoms with Gasteiger partial charge in [-0.2, -0.15) is 0 Å². The second-order valence-corrected chi connectivity index (χ2v) is 11.7. The number of piperidine rings is 1. The number of likely N-dealkylation sites (tertiary alicyclic amines) is 1. The highest BCUT2D eigenvalue weighted by atomic mass is 32.2. The van der Waals surface area contributed by atoms with Crippen molar-refractivity contribution < 1.29 is 19.1 Å². The number of amides is 1. The van der Waals surface area contributed by atoms with Crippen molar-refractivity contribution in [1.29, 1.82) is 0 Å². The molecule has 0 aromatic heterocycles. The first-order valence-electron chi connectivity index (χ1n) is 14.2. The SMILES string of the molecule is COc1ccc(OCCCCN2CCC(C(=O)Cc3ccccc3)CC2)c(C2Sc3ccccc3N2C(C)=O)c1. The fraction of sp³-hybridized carbons (Fsp3) is 0.394. The summed E-state index contributed by atoms with van der Waals surface area (Å²) in [5.41, 5.74) is 2.99. The number of unbranched alkanes of at least 4 members (excludes halogenated alkanes) is 1. The van der Waals surface area contributed by atoms with E-state index in [0.29, 0.717) is 18.8 Å². The zero-order valence-corrected chi connectivity index (χ0v) is 24.2. The van der Waals surface area contributed by atoms with Crippen molar-refractivity contribution in [3.05, 3.63) is 83.9 Å². The molecule has 0 saturated carbocycles. The third-order valence-corrected chi connectivity index (χ3v) is 9.10. The minimum atomic E-state index is -0.203. The summed E-state index contributed by atoms with van der Waals surface area (Å²) in [7, 11) is 1.65. The van der Waals surface area contributed by atoms with Gasteiger partial charge in [-0.05, 0) is 81.2 Å². The molecule has 0 bridgehead atoms. The second kappa shape index (κ2) is 13.4. The highest BCUT2D eigenvalue weighted by Gasteiger charge is 2.36. The number of methoxy groups -OCH3 is 1. The van der Waals surface area contributed by atoms with Crippen LogP contribution >= 0.6 is 11.8 Å². The van der Waals surface area contributed by atoms with Crippen LogP contribution in [0.15, 0.2) is 77.7 Å². The first kappa shape index (κ1) is 28.2. The Kier molecular flexibility index (Phi) is 9.45. The first-order chi connectivity index (χ1) is 19.5. The molecule has 0 spiro atoms. The molecule has 6 nitrogen and oxygen atoms in total. The van der Waals surface area contributed by atoms with Crippen LogP contribution in [0.3, 0.4) is 0 Å². The lowest BCUT2D eigenvalue weighted by atomic mass is 9.89. The molecule has 5 rings (SSSR count). The number of fused-ring (bicyclic) bond motifs is 1. The van der Waals surface area contributed by atoms with E-state index in [4.69, 9.17) is 9.47 Å². The van der Waals surface area contributed by atoms with E-state index in [1.807, 2.05) is 71.6 Å². The van der Waals surface area contributed by atoms with Crippen LogP contribution in [-0.4, -0.2) is 49.9 Å². The zero-order chi connectivity index (χ0) is 27.9. The number of ketones is 1. The van der Waals surface area contributed by atoms with Crippen LogP contribution in [0.1, 0.15) is 49.1 Å². The predicted molar refractivity (Wildman–Crippen MR) is 160 cm³/mol. The molecule has 1 amide bonds. The Morgan fingerprint density at radius 1 is 0.950 bits per heavy atom. The van der Waals surface area contributed by atoms with Crippen LogP contribution in [0.25, 0.3) is 0 Å². The van der Waals surface area contributed by atoms with Crippen molar-refractivity contribution in [3.63, 3.8) is 0 Å². The molecule has 0 aliphatic carbocycles. The average Bonchev–Trinajstić information content (AvgIpc) is 3.38. The number of benzene rings is 3. The van der Waals surface area contributed by atoms with Crippen molar-refractivity contribution in [2.45, 2.75) is 49.3 Å². The van der Waals surface area contributed by atoms with Crippen molar-refractivity contribution in [2.75, 3.05) is 38.3 Å². The maximum Gasteiger partial charge on any atom is 0.225 e. The number of hydrogen-bond donors (Lipinski definition) is 0. The molecule has 1 unspecified atom stereocenters. The summed E-state index contributed by atoms with van der Waals surface area (Å²) in [6, 6.07) is 23.9. The number of carbonyl (C=O) groups excluding carboxylic acids is 2. The molecule has 7 heteroatoms. The standard InChI is InChI=1S/C33H38N2O4S/c1-24(36)35-29-12-6-7-13-32(29)40-33(35)28-23-27(38-2)14-15-31(28)39-21-9-8-18-34-19-16-26(17-20-34)30(37)22-25-10-4-3-5-11-25/h3-7,10-15,23,26,33H,8-9,16-22H2,1-2H3. The van der Waals surface area contributed by atoms with Gasteiger partial charge < -0.3 is 14.4 Å². The molecule has 0 N–H and O–H groups in total. The van der Waals surface area contributed by atoms with E-state index in [0.717, 1.165) is 78.5 Å². The van der Waals surface area contributed by atoms with Gasteiger partial charge in [-0.25, -0.2) is 0 Å². The summed E-state index contributed by atoms with van der Waals surface area (Å²) in [6.45, 7) is 5.20. The largest absolute Gasteiger partial charge is 0.497 e. The Hall–Kier alpha value is -3.29. The molecule has 1 atom stereocenters. The van der Waals surface area contributed by atoms with Crippen LogP contribution in [-0.2, 0) is 16.0 Å². The highest BCUT2D eigenvalue weighted by Crippen LogP contribution is 2.53. The van der Waals surface area contributed by atoms with Crippen molar-refractivity contribution in [3.8, 4) is 11.5 Å². The lowest BCUT2D eigenvalue weighted by Crippen LogP contribution is -2.37. The van der Waals surface area contributed by atoms with Crippen LogP contribution in [0.5, 0.6) is 11.5 Å². The van der Waals surface area contributed by atoms with E-state index in [9.17, 15) is 9.59 Å². The minimum absolute atomic E-state index is 0.00163. The van der Waals surface area contributed by atoms with Gasteiger partial charge in [0.15, 0.2) is 0 Å². The van der Waals surface area contributed by atoms with Crippen LogP contribution in [0, 0.1) is 5.92 Å². The van der Waals surface area contributed by atoms with Crippen molar-refractivity contribution in [2.24, 2.45) is 5.92 Å². The maximum absolute atomic E-state index is 12.7. The number of Topliss-reactive ketones (excluding diaryl/α,β-unsaturated/α-hetero) is 1. The topological polar surface area (TPSA) is 59.1 Å². The predicted octanol–water partition coefficient (Wildman–Crippen LogP) is 6.54. The van der Waals surface area contributed by atoms with Crippen LogP contribution < -0.4 is 14.4 Å². The molecule has 3 aromatic carbocycles. The van der Waals surface area contributed by atoms with E-state index in [2.05, 4.69) is 11.0 Å². The van der Waals surface area contributed by atoms with E-state index < -0.39 is 0 Å². The molecule has 2 aliphatic heterocycles. The summed E-state index contributed by atoms with van der Waals surface area (Å²) in [5.74, 6) is 2.09. The third-order valence-electron chi connectivity index (χ3n) is 7.81. The van der Waals surface area contributed by atoms with Crippen molar-refractivity contribution in [1.82, 2.24) is 4.90 Å².